The maximum absolute atomic E-state index is 13.6. The third-order valence-corrected chi connectivity index (χ3v) is 5.09. The number of rotatable bonds is 6. The Morgan fingerprint density at radius 2 is 1.88 bits per heavy atom. The Hall–Kier alpha value is -2.18. The summed E-state index contributed by atoms with van der Waals surface area (Å²) in [5.74, 6) is 0.0474. The molecule has 1 unspecified atom stereocenters. The highest BCUT2D eigenvalue weighted by Gasteiger charge is 2.31. The van der Waals surface area contributed by atoms with Gasteiger partial charge in [0, 0.05) is 5.56 Å². The maximum Gasteiger partial charge on any atom is 0.197 e. The fourth-order valence-corrected chi connectivity index (χ4v) is 3.66. The quantitative estimate of drug-likeness (QED) is 0.802. The standard InChI is InChI=1S/C19H17FO4S/c20-15-4-2-1-3-14(15)17(22)11-24-13-7-5-12(6-8-13)9-18-16(21)10-19(23)25-18/h1-8,17-18,22H,9-11H2/t17-,18?/m1/s1. The molecule has 0 bridgehead atoms. The van der Waals surface area contributed by atoms with Gasteiger partial charge in [-0.3, -0.25) is 9.59 Å². The molecule has 0 aliphatic carbocycles. The van der Waals surface area contributed by atoms with Crippen molar-refractivity contribution in [1.82, 2.24) is 0 Å². The number of ketones is 1. The lowest BCUT2D eigenvalue weighted by molar-refractivity contribution is -0.121. The summed E-state index contributed by atoms with van der Waals surface area (Å²) in [6, 6.07) is 13.1. The van der Waals surface area contributed by atoms with Gasteiger partial charge in [0.25, 0.3) is 0 Å². The topological polar surface area (TPSA) is 63.6 Å². The van der Waals surface area contributed by atoms with Crippen LogP contribution in [0.3, 0.4) is 0 Å². The molecule has 2 aromatic rings. The normalized spacial score (nSPS) is 18.4. The predicted molar refractivity (Wildman–Crippen MR) is 93.0 cm³/mol. The third kappa shape index (κ3) is 4.46. The van der Waals surface area contributed by atoms with Crippen molar-refractivity contribution in [2.24, 2.45) is 0 Å². The molecule has 0 spiro atoms. The fraction of sp³-hybridized carbons (Fsp3) is 0.263. The number of aliphatic hydroxyl groups excluding tert-OH is 1. The van der Waals surface area contributed by atoms with Gasteiger partial charge in [-0.2, -0.15) is 0 Å². The van der Waals surface area contributed by atoms with Gasteiger partial charge in [-0.25, -0.2) is 4.39 Å². The number of Topliss-reactive ketones (excluding diaryl/α,β-unsaturated/α-hetero) is 1. The molecule has 0 saturated carbocycles. The number of carbonyl (C=O) groups is 2. The van der Waals surface area contributed by atoms with Gasteiger partial charge in [0.1, 0.15) is 24.3 Å². The van der Waals surface area contributed by atoms with E-state index in [1.165, 1.54) is 12.1 Å². The molecule has 1 N–H and O–H groups in total. The minimum Gasteiger partial charge on any atom is -0.491 e. The number of hydrogen-bond acceptors (Lipinski definition) is 5. The van der Waals surface area contributed by atoms with E-state index in [0.717, 1.165) is 17.3 Å². The first kappa shape index (κ1) is 17.6. The average Bonchev–Trinajstić information content (AvgIpc) is 2.91. The Balaban J connectivity index is 1.55. The van der Waals surface area contributed by atoms with Gasteiger partial charge in [0.2, 0.25) is 0 Å². The maximum atomic E-state index is 13.6. The minimum absolute atomic E-state index is 0.0183. The van der Waals surface area contributed by atoms with E-state index in [-0.39, 0.29) is 34.7 Å². The van der Waals surface area contributed by atoms with Crippen LogP contribution in [-0.2, 0) is 16.0 Å². The molecule has 4 nitrogen and oxygen atoms in total. The molecule has 1 fully saturated rings. The van der Waals surface area contributed by atoms with Crippen LogP contribution in [0.2, 0.25) is 0 Å². The zero-order chi connectivity index (χ0) is 17.8. The van der Waals surface area contributed by atoms with Crippen LogP contribution in [0, 0.1) is 5.82 Å². The van der Waals surface area contributed by atoms with Gasteiger partial charge in [0.15, 0.2) is 10.9 Å². The summed E-state index contributed by atoms with van der Waals surface area (Å²) in [6.45, 7) is -0.0637. The van der Waals surface area contributed by atoms with E-state index in [2.05, 4.69) is 0 Å². The lowest BCUT2D eigenvalue weighted by Gasteiger charge is -2.14. The summed E-state index contributed by atoms with van der Waals surface area (Å²) in [7, 11) is 0. The monoisotopic (exact) mass is 360 g/mol. The van der Waals surface area contributed by atoms with E-state index in [9.17, 15) is 19.1 Å². The van der Waals surface area contributed by atoms with Crippen molar-refractivity contribution in [3.05, 3.63) is 65.5 Å². The lowest BCUT2D eigenvalue weighted by atomic mass is 10.1. The van der Waals surface area contributed by atoms with Crippen LogP contribution in [0.4, 0.5) is 4.39 Å². The second-order valence-electron chi connectivity index (χ2n) is 5.82. The molecule has 6 heteroatoms. The Morgan fingerprint density at radius 3 is 2.52 bits per heavy atom. The van der Waals surface area contributed by atoms with Crippen molar-refractivity contribution in [1.29, 1.82) is 0 Å². The van der Waals surface area contributed by atoms with E-state index in [0.29, 0.717) is 12.2 Å². The number of benzene rings is 2. The second-order valence-corrected chi connectivity index (χ2v) is 7.08. The highest BCUT2D eigenvalue weighted by Crippen LogP contribution is 2.28. The molecule has 1 saturated heterocycles. The number of carbonyl (C=O) groups excluding carboxylic acids is 2. The van der Waals surface area contributed by atoms with Gasteiger partial charge < -0.3 is 9.84 Å². The Kier molecular flexibility index (Phi) is 5.50. The van der Waals surface area contributed by atoms with Crippen LogP contribution in [-0.4, -0.2) is 27.9 Å². The molecule has 0 amide bonds. The summed E-state index contributed by atoms with van der Waals surface area (Å²) in [4.78, 5) is 22.9. The first-order chi connectivity index (χ1) is 12.0. The Bertz CT molecular complexity index is 775. The summed E-state index contributed by atoms with van der Waals surface area (Å²) < 4.78 is 19.1. The number of hydrogen-bond donors (Lipinski definition) is 1. The second kappa shape index (κ2) is 7.80. The fourth-order valence-electron chi connectivity index (χ4n) is 2.62. The van der Waals surface area contributed by atoms with Gasteiger partial charge in [-0.15, -0.1) is 0 Å². The van der Waals surface area contributed by atoms with Gasteiger partial charge in [-0.05, 0) is 30.2 Å². The van der Waals surface area contributed by atoms with Crippen LogP contribution in [0.25, 0.3) is 0 Å². The zero-order valence-corrected chi connectivity index (χ0v) is 14.2. The van der Waals surface area contributed by atoms with Crippen molar-refractivity contribution in [3.63, 3.8) is 0 Å². The number of ether oxygens (including phenoxy) is 1. The predicted octanol–water partition coefficient (Wildman–Crippen LogP) is 3.08. The summed E-state index contributed by atoms with van der Waals surface area (Å²) in [5.41, 5.74) is 1.13. The van der Waals surface area contributed by atoms with Gasteiger partial charge in [-0.1, -0.05) is 42.1 Å². The van der Waals surface area contributed by atoms with Crippen LogP contribution >= 0.6 is 11.8 Å². The van der Waals surface area contributed by atoms with E-state index < -0.39 is 11.9 Å². The van der Waals surface area contributed by atoms with Crippen LogP contribution in [0.1, 0.15) is 23.7 Å². The van der Waals surface area contributed by atoms with Crippen molar-refractivity contribution in [3.8, 4) is 5.75 Å². The molecular weight excluding hydrogens is 343 g/mol. The summed E-state index contributed by atoms with van der Waals surface area (Å²) in [5, 5.41) is 9.65. The van der Waals surface area contributed by atoms with E-state index in [1.807, 2.05) is 12.1 Å². The Morgan fingerprint density at radius 1 is 1.16 bits per heavy atom. The molecule has 2 aromatic carbocycles. The largest absolute Gasteiger partial charge is 0.491 e. The first-order valence-corrected chi connectivity index (χ1v) is 8.77. The number of aliphatic hydroxyl groups is 1. The SMILES string of the molecule is O=C1CC(=O)C(Cc2ccc(OC[C@@H](O)c3ccccc3F)cc2)S1. The van der Waals surface area contributed by atoms with Crippen LogP contribution < -0.4 is 4.74 Å². The minimum atomic E-state index is -1.06. The molecule has 1 aliphatic heterocycles. The average molecular weight is 360 g/mol. The van der Waals surface area contributed by atoms with Crippen molar-refractivity contribution in [2.45, 2.75) is 24.2 Å². The third-order valence-electron chi connectivity index (χ3n) is 3.97. The molecule has 0 aromatic heterocycles. The summed E-state index contributed by atoms with van der Waals surface area (Å²) >= 11 is 1.10. The molecule has 25 heavy (non-hydrogen) atoms. The Labute approximate surface area is 149 Å². The molecule has 1 heterocycles. The molecule has 3 rings (SSSR count). The highest BCUT2D eigenvalue weighted by molar-refractivity contribution is 8.15. The van der Waals surface area contributed by atoms with Crippen molar-refractivity contribution >= 4 is 22.7 Å². The number of thioether (sulfide) groups is 1. The van der Waals surface area contributed by atoms with E-state index >= 15 is 0 Å². The molecule has 2 atom stereocenters. The highest BCUT2D eigenvalue weighted by atomic mass is 32.2. The first-order valence-electron chi connectivity index (χ1n) is 7.89. The van der Waals surface area contributed by atoms with Gasteiger partial charge in [0.05, 0.1) is 11.7 Å². The smallest absolute Gasteiger partial charge is 0.197 e. The lowest BCUT2D eigenvalue weighted by Crippen LogP contribution is -2.13. The van der Waals surface area contributed by atoms with Crippen molar-refractivity contribution < 1.29 is 23.8 Å². The molecule has 130 valence electrons. The zero-order valence-electron chi connectivity index (χ0n) is 13.4. The van der Waals surface area contributed by atoms with Gasteiger partial charge >= 0.3 is 0 Å². The number of halogens is 1. The van der Waals surface area contributed by atoms with Crippen LogP contribution in [0.5, 0.6) is 5.75 Å². The van der Waals surface area contributed by atoms with E-state index in [1.54, 1.807) is 24.3 Å². The molecule has 1 aliphatic rings. The van der Waals surface area contributed by atoms with Crippen molar-refractivity contribution in [2.75, 3.05) is 6.61 Å². The van der Waals surface area contributed by atoms with Crippen LogP contribution in [0.15, 0.2) is 48.5 Å². The molecule has 0 radical (unpaired) electrons. The molecular formula is C19H17FO4S. The van der Waals surface area contributed by atoms with E-state index in [4.69, 9.17) is 4.74 Å². The summed E-state index contributed by atoms with van der Waals surface area (Å²) in [6.07, 6.45) is -0.530.